The number of anilines is 2. The standard InChI is InChI=1S/C19H22N4O/c1-5-13-6-7-14(19(24)22(2)3)10-17(13)21-15-8-9-16-18(11-15)23(4)12-20-16/h6-12,21H,5H2,1-4H3. The van der Waals surface area contributed by atoms with Crippen molar-refractivity contribution in [1.82, 2.24) is 14.5 Å². The molecule has 0 saturated heterocycles. The van der Waals surface area contributed by atoms with Crippen LogP contribution in [0.5, 0.6) is 0 Å². The molecule has 0 unspecified atom stereocenters. The summed E-state index contributed by atoms with van der Waals surface area (Å²) in [5.74, 6) is 0.00258. The van der Waals surface area contributed by atoms with Gasteiger partial charge in [-0.15, -0.1) is 0 Å². The SMILES string of the molecule is CCc1ccc(C(=O)N(C)C)cc1Nc1ccc2ncn(C)c2c1. The van der Waals surface area contributed by atoms with Crippen LogP contribution in [-0.2, 0) is 13.5 Å². The van der Waals surface area contributed by atoms with Gasteiger partial charge in [0.15, 0.2) is 0 Å². The van der Waals surface area contributed by atoms with Gasteiger partial charge in [-0.05, 0) is 42.3 Å². The quantitative estimate of drug-likeness (QED) is 0.799. The summed E-state index contributed by atoms with van der Waals surface area (Å²) in [4.78, 5) is 18.2. The number of imidazole rings is 1. The van der Waals surface area contributed by atoms with Gasteiger partial charge >= 0.3 is 0 Å². The van der Waals surface area contributed by atoms with E-state index >= 15 is 0 Å². The fourth-order valence-electron chi connectivity index (χ4n) is 2.75. The number of hydrogen-bond donors (Lipinski definition) is 1. The molecule has 1 heterocycles. The molecule has 3 rings (SSSR count). The van der Waals surface area contributed by atoms with E-state index in [1.807, 2.05) is 48.3 Å². The van der Waals surface area contributed by atoms with E-state index in [1.165, 1.54) is 5.56 Å². The van der Waals surface area contributed by atoms with Gasteiger partial charge in [-0.3, -0.25) is 4.79 Å². The van der Waals surface area contributed by atoms with Crippen molar-refractivity contribution >= 4 is 28.3 Å². The zero-order chi connectivity index (χ0) is 17.3. The molecular weight excluding hydrogens is 300 g/mol. The van der Waals surface area contributed by atoms with Crippen LogP contribution in [0.25, 0.3) is 11.0 Å². The maximum atomic E-state index is 12.2. The average Bonchev–Trinajstić information content (AvgIpc) is 2.95. The first-order chi connectivity index (χ1) is 11.5. The minimum absolute atomic E-state index is 0.00258. The predicted octanol–water partition coefficient (Wildman–Crippen LogP) is 3.58. The van der Waals surface area contributed by atoms with Gasteiger partial charge < -0.3 is 14.8 Å². The van der Waals surface area contributed by atoms with Crippen LogP contribution in [-0.4, -0.2) is 34.5 Å². The van der Waals surface area contributed by atoms with Crippen LogP contribution in [0.2, 0.25) is 0 Å². The lowest BCUT2D eigenvalue weighted by Gasteiger charge is -2.15. The minimum Gasteiger partial charge on any atom is -0.355 e. The molecule has 0 aliphatic rings. The predicted molar refractivity (Wildman–Crippen MR) is 97.8 cm³/mol. The van der Waals surface area contributed by atoms with Gasteiger partial charge in [0.1, 0.15) is 0 Å². The van der Waals surface area contributed by atoms with Crippen molar-refractivity contribution in [2.75, 3.05) is 19.4 Å². The molecule has 1 amide bonds. The third kappa shape index (κ3) is 2.97. The number of aromatic nitrogens is 2. The highest BCUT2D eigenvalue weighted by Gasteiger charge is 2.11. The van der Waals surface area contributed by atoms with Crippen LogP contribution in [0.4, 0.5) is 11.4 Å². The van der Waals surface area contributed by atoms with E-state index in [0.29, 0.717) is 5.56 Å². The summed E-state index contributed by atoms with van der Waals surface area (Å²) >= 11 is 0. The van der Waals surface area contributed by atoms with Crippen LogP contribution in [0.1, 0.15) is 22.8 Å². The molecule has 3 aromatic rings. The molecular formula is C19H22N4O. The Hall–Kier alpha value is -2.82. The molecule has 0 spiro atoms. The Morgan fingerprint density at radius 1 is 1.21 bits per heavy atom. The first-order valence-corrected chi connectivity index (χ1v) is 8.02. The van der Waals surface area contributed by atoms with Gasteiger partial charge in [-0.25, -0.2) is 4.98 Å². The number of amides is 1. The summed E-state index contributed by atoms with van der Waals surface area (Å²) in [5, 5.41) is 3.45. The van der Waals surface area contributed by atoms with Crippen molar-refractivity contribution in [3.63, 3.8) is 0 Å². The molecule has 0 radical (unpaired) electrons. The molecule has 0 aliphatic carbocycles. The fraction of sp³-hybridized carbons (Fsp3) is 0.263. The van der Waals surface area contributed by atoms with E-state index < -0.39 is 0 Å². The monoisotopic (exact) mass is 322 g/mol. The van der Waals surface area contributed by atoms with Crippen molar-refractivity contribution in [3.8, 4) is 0 Å². The van der Waals surface area contributed by atoms with Crippen molar-refractivity contribution < 1.29 is 4.79 Å². The lowest BCUT2D eigenvalue weighted by Crippen LogP contribution is -2.21. The smallest absolute Gasteiger partial charge is 0.253 e. The van der Waals surface area contributed by atoms with Crippen LogP contribution < -0.4 is 5.32 Å². The van der Waals surface area contributed by atoms with Crippen molar-refractivity contribution in [2.24, 2.45) is 7.05 Å². The van der Waals surface area contributed by atoms with Crippen LogP contribution >= 0.6 is 0 Å². The highest BCUT2D eigenvalue weighted by molar-refractivity contribution is 5.95. The van der Waals surface area contributed by atoms with Gasteiger partial charge in [0.25, 0.3) is 5.91 Å². The molecule has 0 atom stereocenters. The number of nitrogens with zero attached hydrogens (tertiary/aromatic N) is 3. The van der Waals surface area contributed by atoms with Gasteiger partial charge in [-0.1, -0.05) is 13.0 Å². The summed E-state index contributed by atoms with van der Waals surface area (Å²) in [6, 6.07) is 11.9. The van der Waals surface area contributed by atoms with Crippen molar-refractivity contribution in [3.05, 3.63) is 53.9 Å². The second-order valence-electron chi connectivity index (χ2n) is 6.11. The number of carbonyl (C=O) groups is 1. The molecule has 24 heavy (non-hydrogen) atoms. The maximum absolute atomic E-state index is 12.2. The van der Waals surface area contributed by atoms with E-state index in [2.05, 4.69) is 23.3 Å². The Bertz CT molecular complexity index is 896. The fourth-order valence-corrected chi connectivity index (χ4v) is 2.75. The van der Waals surface area contributed by atoms with Gasteiger partial charge in [-0.2, -0.15) is 0 Å². The zero-order valence-electron chi connectivity index (χ0n) is 14.5. The third-order valence-corrected chi connectivity index (χ3v) is 4.15. The molecule has 0 saturated carbocycles. The number of aryl methyl sites for hydroxylation is 2. The minimum atomic E-state index is 0.00258. The van der Waals surface area contributed by atoms with E-state index in [1.54, 1.807) is 19.0 Å². The third-order valence-electron chi connectivity index (χ3n) is 4.15. The van der Waals surface area contributed by atoms with Crippen molar-refractivity contribution in [2.45, 2.75) is 13.3 Å². The molecule has 0 fully saturated rings. The van der Waals surface area contributed by atoms with E-state index in [4.69, 9.17) is 0 Å². The molecule has 124 valence electrons. The van der Waals surface area contributed by atoms with Crippen molar-refractivity contribution in [1.29, 1.82) is 0 Å². The highest BCUT2D eigenvalue weighted by atomic mass is 16.2. The maximum Gasteiger partial charge on any atom is 0.253 e. The first-order valence-electron chi connectivity index (χ1n) is 8.02. The van der Waals surface area contributed by atoms with Gasteiger partial charge in [0.05, 0.1) is 17.4 Å². The second kappa shape index (κ2) is 6.35. The molecule has 1 aromatic heterocycles. The number of fused-ring (bicyclic) bond motifs is 1. The lowest BCUT2D eigenvalue weighted by molar-refractivity contribution is 0.0827. The summed E-state index contributed by atoms with van der Waals surface area (Å²) in [5.41, 5.74) is 5.84. The Morgan fingerprint density at radius 2 is 2.00 bits per heavy atom. The molecule has 1 N–H and O–H groups in total. The van der Waals surface area contributed by atoms with Crippen LogP contribution in [0.15, 0.2) is 42.7 Å². The molecule has 5 nitrogen and oxygen atoms in total. The number of nitrogens with one attached hydrogen (secondary N) is 1. The number of rotatable bonds is 4. The Kier molecular flexibility index (Phi) is 4.25. The highest BCUT2D eigenvalue weighted by Crippen LogP contribution is 2.26. The van der Waals surface area contributed by atoms with Gasteiger partial charge in [0.2, 0.25) is 0 Å². The molecule has 0 aliphatic heterocycles. The summed E-state index contributed by atoms with van der Waals surface area (Å²) in [7, 11) is 5.51. The summed E-state index contributed by atoms with van der Waals surface area (Å²) < 4.78 is 1.99. The van der Waals surface area contributed by atoms with E-state index in [-0.39, 0.29) is 5.91 Å². The Labute approximate surface area is 141 Å². The Balaban J connectivity index is 1.98. The topological polar surface area (TPSA) is 50.2 Å². The Morgan fingerprint density at radius 3 is 2.71 bits per heavy atom. The lowest BCUT2D eigenvalue weighted by atomic mass is 10.1. The normalized spacial score (nSPS) is 10.8. The molecule has 5 heteroatoms. The van der Waals surface area contributed by atoms with Crippen LogP contribution in [0, 0.1) is 0 Å². The molecule has 0 bridgehead atoms. The zero-order valence-corrected chi connectivity index (χ0v) is 14.5. The first kappa shape index (κ1) is 16.1. The molecule has 2 aromatic carbocycles. The van der Waals surface area contributed by atoms with Gasteiger partial charge in [0, 0.05) is 38.1 Å². The van der Waals surface area contributed by atoms with E-state index in [0.717, 1.165) is 28.8 Å². The number of hydrogen-bond acceptors (Lipinski definition) is 3. The average molecular weight is 322 g/mol. The van der Waals surface area contributed by atoms with Crippen LogP contribution in [0.3, 0.4) is 0 Å². The summed E-state index contributed by atoms with van der Waals surface area (Å²) in [6.45, 7) is 2.11. The second-order valence-corrected chi connectivity index (χ2v) is 6.11. The number of carbonyl (C=O) groups excluding carboxylic acids is 1. The largest absolute Gasteiger partial charge is 0.355 e. The number of benzene rings is 2. The van der Waals surface area contributed by atoms with E-state index in [9.17, 15) is 4.79 Å². The summed E-state index contributed by atoms with van der Waals surface area (Å²) in [6.07, 6.45) is 2.70.